The Bertz CT molecular complexity index is 614. The summed E-state index contributed by atoms with van der Waals surface area (Å²) in [6.45, 7) is 3.32. The fraction of sp³-hybridized carbons (Fsp3) is 0.182. The molecule has 0 aliphatic heterocycles. The first-order valence-corrected chi connectivity index (χ1v) is 5.87. The van der Waals surface area contributed by atoms with Crippen LogP contribution in [0.3, 0.4) is 0 Å². The number of rotatable bonds is 3. The highest BCUT2D eigenvalue weighted by molar-refractivity contribution is 7.18. The van der Waals surface area contributed by atoms with Crippen molar-refractivity contribution in [2.24, 2.45) is 0 Å². The van der Waals surface area contributed by atoms with Crippen molar-refractivity contribution >= 4 is 28.2 Å². The van der Waals surface area contributed by atoms with Gasteiger partial charge in [0.1, 0.15) is 4.88 Å². The molecule has 0 aliphatic rings. The Morgan fingerprint density at radius 1 is 1.39 bits per heavy atom. The molecule has 0 fully saturated rings. The summed E-state index contributed by atoms with van der Waals surface area (Å²) in [5.41, 5.74) is 0.500. The van der Waals surface area contributed by atoms with Gasteiger partial charge in [-0.15, -0.1) is 11.3 Å². The lowest BCUT2D eigenvalue weighted by atomic mass is 10.3. The summed E-state index contributed by atoms with van der Waals surface area (Å²) in [5.74, 6) is -0.910. The van der Waals surface area contributed by atoms with Crippen molar-refractivity contribution in [3.63, 3.8) is 0 Å². The number of oxazole rings is 1. The zero-order valence-electron chi connectivity index (χ0n) is 9.68. The van der Waals surface area contributed by atoms with Gasteiger partial charge in [-0.2, -0.15) is 0 Å². The van der Waals surface area contributed by atoms with Gasteiger partial charge in [-0.05, 0) is 19.1 Å². The number of carboxylic acid groups (broad SMARTS) is 1. The SMILES string of the molecule is Cc1nc(C)c(C(=O)Nc2ccc(C(=O)O)s2)o1. The first-order chi connectivity index (χ1) is 8.47. The molecule has 94 valence electrons. The van der Waals surface area contributed by atoms with Gasteiger partial charge in [-0.1, -0.05) is 0 Å². The van der Waals surface area contributed by atoms with Crippen LogP contribution in [0.2, 0.25) is 0 Å². The van der Waals surface area contributed by atoms with Crippen LogP contribution in [0.15, 0.2) is 16.5 Å². The number of nitrogens with zero attached hydrogens (tertiary/aromatic N) is 1. The first kappa shape index (κ1) is 12.3. The van der Waals surface area contributed by atoms with Gasteiger partial charge >= 0.3 is 5.97 Å². The highest BCUT2D eigenvalue weighted by Gasteiger charge is 2.17. The summed E-state index contributed by atoms with van der Waals surface area (Å²) >= 11 is 0.983. The minimum absolute atomic E-state index is 0.137. The molecule has 2 rings (SSSR count). The van der Waals surface area contributed by atoms with Crippen molar-refractivity contribution in [2.45, 2.75) is 13.8 Å². The zero-order chi connectivity index (χ0) is 13.3. The van der Waals surface area contributed by atoms with Crippen molar-refractivity contribution in [1.29, 1.82) is 0 Å². The second-order valence-electron chi connectivity index (χ2n) is 3.57. The molecule has 0 aliphatic carbocycles. The van der Waals surface area contributed by atoms with Gasteiger partial charge in [-0.3, -0.25) is 4.79 Å². The first-order valence-electron chi connectivity index (χ1n) is 5.06. The maximum atomic E-state index is 11.8. The Hall–Kier alpha value is -2.15. The molecule has 2 heterocycles. The van der Waals surface area contributed by atoms with Gasteiger partial charge in [0.05, 0.1) is 10.7 Å². The number of hydrogen-bond donors (Lipinski definition) is 2. The smallest absolute Gasteiger partial charge is 0.345 e. The molecule has 6 nitrogen and oxygen atoms in total. The predicted octanol–water partition coefficient (Wildman–Crippen LogP) is 2.30. The number of carboxylic acids is 1. The number of aromatic nitrogens is 1. The molecular formula is C11H10N2O4S. The zero-order valence-corrected chi connectivity index (χ0v) is 10.5. The van der Waals surface area contributed by atoms with E-state index in [0.717, 1.165) is 11.3 Å². The molecule has 18 heavy (non-hydrogen) atoms. The number of thiophene rings is 1. The van der Waals surface area contributed by atoms with Crippen molar-refractivity contribution in [1.82, 2.24) is 4.98 Å². The van der Waals surface area contributed by atoms with Crippen LogP contribution in [0.25, 0.3) is 0 Å². The van der Waals surface area contributed by atoms with Gasteiger partial charge in [-0.25, -0.2) is 9.78 Å². The van der Waals surface area contributed by atoms with Gasteiger partial charge in [0.25, 0.3) is 5.91 Å². The normalized spacial score (nSPS) is 10.3. The number of aryl methyl sites for hydroxylation is 2. The lowest BCUT2D eigenvalue weighted by molar-refractivity contribution is 0.0702. The Morgan fingerprint density at radius 2 is 2.11 bits per heavy atom. The van der Waals surface area contributed by atoms with Crippen LogP contribution in [0.4, 0.5) is 5.00 Å². The third kappa shape index (κ3) is 2.40. The van der Waals surface area contributed by atoms with Crippen molar-refractivity contribution in [3.8, 4) is 0 Å². The van der Waals surface area contributed by atoms with Crippen LogP contribution in [0.5, 0.6) is 0 Å². The molecule has 0 aromatic carbocycles. The van der Waals surface area contributed by atoms with E-state index in [-0.39, 0.29) is 10.6 Å². The molecule has 0 bridgehead atoms. The van der Waals surface area contributed by atoms with E-state index in [0.29, 0.717) is 16.6 Å². The van der Waals surface area contributed by atoms with E-state index < -0.39 is 11.9 Å². The number of anilines is 1. The minimum atomic E-state index is -1.02. The van der Waals surface area contributed by atoms with E-state index in [1.807, 2.05) is 0 Å². The second kappa shape index (κ2) is 4.61. The molecule has 0 saturated heterocycles. The number of nitrogens with one attached hydrogen (secondary N) is 1. The van der Waals surface area contributed by atoms with Crippen LogP contribution in [0.1, 0.15) is 31.8 Å². The van der Waals surface area contributed by atoms with Crippen molar-refractivity contribution < 1.29 is 19.1 Å². The molecule has 0 spiro atoms. The Kier molecular flexibility index (Phi) is 3.15. The standard InChI is InChI=1S/C11H10N2O4S/c1-5-9(17-6(2)12-5)10(14)13-8-4-3-7(18-8)11(15)16/h3-4H,1-2H3,(H,13,14)(H,15,16). The lowest BCUT2D eigenvalue weighted by Gasteiger charge is -1.98. The summed E-state index contributed by atoms with van der Waals surface area (Å²) in [6.07, 6.45) is 0. The maximum Gasteiger partial charge on any atom is 0.345 e. The monoisotopic (exact) mass is 266 g/mol. The number of carbonyl (C=O) groups is 2. The summed E-state index contributed by atoms with van der Waals surface area (Å²) in [6, 6.07) is 2.96. The van der Waals surface area contributed by atoms with Crippen molar-refractivity contribution in [2.75, 3.05) is 5.32 Å². The Balaban J connectivity index is 2.16. The number of carbonyl (C=O) groups excluding carboxylic acids is 1. The topological polar surface area (TPSA) is 92.4 Å². The number of amides is 1. The van der Waals surface area contributed by atoms with E-state index in [4.69, 9.17) is 9.52 Å². The minimum Gasteiger partial charge on any atom is -0.477 e. The fourth-order valence-electron chi connectivity index (χ4n) is 1.43. The molecule has 2 aromatic heterocycles. The van der Waals surface area contributed by atoms with E-state index in [1.165, 1.54) is 12.1 Å². The quantitative estimate of drug-likeness (QED) is 0.889. The van der Waals surface area contributed by atoms with Crippen molar-refractivity contribution in [3.05, 3.63) is 34.4 Å². The average molecular weight is 266 g/mol. The van der Waals surface area contributed by atoms with Gasteiger partial charge in [0, 0.05) is 6.92 Å². The van der Waals surface area contributed by atoms with Crippen LogP contribution in [-0.2, 0) is 0 Å². The largest absolute Gasteiger partial charge is 0.477 e. The Morgan fingerprint density at radius 3 is 2.61 bits per heavy atom. The van der Waals surface area contributed by atoms with Crippen LogP contribution in [-0.4, -0.2) is 22.0 Å². The van der Waals surface area contributed by atoms with E-state index in [2.05, 4.69) is 10.3 Å². The highest BCUT2D eigenvalue weighted by atomic mass is 32.1. The summed E-state index contributed by atoms with van der Waals surface area (Å²) in [5, 5.41) is 11.8. The number of aromatic carboxylic acids is 1. The van der Waals surface area contributed by atoms with E-state index >= 15 is 0 Å². The molecular weight excluding hydrogens is 256 g/mol. The summed E-state index contributed by atoms with van der Waals surface area (Å²) < 4.78 is 5.17. The third-order valence-corrected chi connectivity index (χ3v) is 3.15. The van der Waals surface area contributed by atoms with Crippen LogP contribution in [0, 0.1) is 13.8 Å². The molecule has 7 heteroatoms. The fourth-order valence-corrected chi connectivity index (χ4v) is 2.17. The highest BCUT2D eigenvalue weighted by Crippen LogP contribution is 2.23. The molecule has 1 amide bonds. The molecule has 2 N–H and O–H groups in total. The van der Waals surface area contributed by atoms with Crippen LogP contribution >= 0.6 is 11.3 Å². The maximum absolute atomic E-state index is 11.8. The lowest BCUT2D eigenvalue weighted by Crippen LogP contribution is -2.11. The molecule has 2 aromatic rings. The van der Waals surface area contributed by atoms with Gasteiger partial charge in [0.15, 0.2) is 5.89 Å². The molecule has 0 atom stereocenters. The van der Waals surface area contributed by atoms with Gasteiger partial charge in [0.2, 0.25) is 5.76 Å². The number of hydrogen-bond acceptors (Lipinski definition) is 5. The van der Waals surface area contributed by atoms with Crippen LogP contribution < -0.4 is 5.32 Å². The predicted molar refractivity (Wildman–Crippen MR) is 65.2 cm³/mol. The molecule has 0 unspecified atom stereocenters. The summed E-state index contributed by atoms with van der Waals surface area (Å²) in [7, 11) is 0. The van der Waals surface area contributed by atoms with Gasteiger partial charge < -0.3 is 14.8 Å². The van der Waals surface area contributed by atoms with E-state index in [9.17, 15) is 9.59 Å². The molecule has 0 saturated carbocycles. The average Bonchev–Trinajstić information content (AvgIpc) is 2.85. The van der Waals surface area contributed by atoms with E-state index in [1.54, 1.807) is 13.8 Å². The summed E-state index contributed by atoms with van der Waals surface area (Å²) in [4.78, 5) is 26.7. The Labute approximate surface area is 106 Å². The third-order valence-electron chi connectivity index (χ3n) is 2.16. The second-order valence-corrected chi connectivity index (χ2v) is 4.65. The molecule has 0 radical (unpaired) electrons.